The highest BCUT2D eigenvalue weighted by Crippen LogP contribution is 2.10. The highest BCUT2D eigenvalue weighted by Gasteiger charge is 2.25. The summed E-state index contributed by atoms with van der Waals surface area (Å²) in [5.41, 5.74) is 0. The van der Waals surface area contributed by atoms with Crippen molar-refractivity contribution in [2.75, 3.05) is 6.54 Å². The molecule has 0 saturated carbocycles. The van der Waals surface area contributed by atoms with E-state index in [1.807, 2.05) is 27.7 Å². The molecule has 3 amide bonds. The zero-order chi connectivity index (χ0) is 16.7. The largest absolute Gasteiger partial charge is 0.352 e. The minimum absolute atomic E-state index is 0.0174. The Labute approximate surface area is 134 Å². The van der Waals surface area contributed by atoms with E-state index in [1.165, 1.54) is 11.3 Å². The van der Waals surface area contributed by atoms with Crippen molar-refractivity contribution in [2.24, 2.45) is 5.92 Å². The summed E-state index contributed by atoms with van der Waals surface area (Å²) in [6.45, 7) is 7.27. The molecule has 1 unspecified atom stereocenters. The van der Waals surface area contributed by atoms with Crippen LogP contribution in [0.1, 0.15) is 37.4 Å². The summed E-state index contributed by atoms with van der Waals surface area (Å²) in [4.78, 5) is 36.3. The lowest BCUT2D eigenvalue weighted by Crippen LogP contribution is -2.51. The minimum atomic E-state index is -0.679. The number of amides is 3. The van der Waals surface area contributed by atoms with Gasteiger partial charge in [-0.1, -0.05) is 19.9 Å². The fraction of sp³-hybridized carbons (Fsp3) is 0.533. The summed E-state index contributed by atoms with van der Waals surface area (Å²) in [5.74, 6) is -0.984. The van der Waals surface area contributed by atoms with Crippen LogP contribution in [0.4, 0.5) is 0 Å². The van der Waals surface area contributed by atoms with Gasteiger partial charge < -0.3 is 16.0 Å². The van der Waals surface area contributed by atoms with E-state index in [9.17, 15) is 14.4 Å². The molecule has 22 heavy (non-hydrogen) atoms. The minimum Gasteiger partial charge on any atom is -0.352 e. The van der Waals surface area contributed by atoms with Crippen LogP contribution in [-0.2, 0) is 9.59 Å². The van der Waals surface area contributed by atoms with Gasteiger partial charge in [-0.15, -0.1) is 11.3 Å². The Balaban J connectivity index is 2.57. The average molecular weight is 325 g/mol. The molecule has 7 heteroatoms. The predicted molar refractivity (Wildman–Crippen MR) is 86.7 cm³/mol. The number of carbonyl (C=O) groups is 3. The Morgan fingerprint density at radius 3 is 2.32 bits per heavy atom. The van der Waals surface area contributed by atoms with Crippen molar-refractivity contribution in [1.82, 2.24) is 16.0 Å². The van der Waals surface area contributed by atoms with E-state index in [2.05, 4.69) is 16.0 Å². The van der Waals surface area contributed by atoms with Gasteiger partial charge in [0.15, 0.2) is 0 Å². The van der Waals surface area contributed by atoms with E-state index in [-0.39, 0.29) is 36.2 Å². The first-order chi connectivity index (χ1) is 10.3. The number of carbonyl (C=O) groups excluding carboxylic acids is 3. The highest BCUT2D eigenvalue weighted by atomic mass is 32.1. The Bertz CT molecular complexity index is 512. The lowest BCUT2D eigenvalue weighted by molar-refractivity contribution is -0.128. The van der Waals surface area contributed by atoms with Gasteiger partial charge in [0.2, 0.25) is 11.8 Å². The average Bonchev–Trinajstić information content (AvgIpc) is 2.95. The summed E-state index contributed by atoms with van der Waals surface area (Å²) in [6, 6.07) is 2.82. The molecule has 0 aliphatic heterocycles. The molecule has 0 radical (unpaired) electrons. The lowest BCUT2D eigenvalue weighted by Gasteiger charge is -2.21. The summed E-state index contributed by atoms with van der Waals surface area (Å²) in [6.07, 6.45) is 0. The fourth-order valence-electron chi connectivity index (χ4n) is 1.81. The van der Waals surface area contributed by atoms with Gasteiger partial charge in [-0.2, -0.15) is 0 Å². The molecule has 0 bridgehead atoms. The van der Waals surface area contributed by atoms with Crippen LogP contribution >= 0.6 is 11.3 Å². The molecule has 0 fully saturated rings. The fourth-order valence-corrected chi connectivity index (χ4v) is 2.43. The summed E-state index contributed by atoms with van der Waals surface area (Å²) in [5, 5.41) is 9.76. The standard InChI is InChI=1S/C15H23N3O3S/c1-9(2)13(18-14(20)11-6-5-7-22-11)15(21)16-8-12(19)17-10(3)4/h5-7,9-10,13H,8H2,1-4H3,(H,16,21)(H,17,19)(H,18,20). The van der Waals surface area contributed by atoms with Gasteiger partial charge in [-0.25, -0.2) is 0 Å². The molecule has 6 nitrogen and oxygen atoms in total. The molecule has 3 N–H and O–H groups in total. The van der Waals surface area contributed by atoms with Crippen LogP contribution in [0.3, 0.4) is 0 Å². The van der Waals surface area contributed by atoms with Crippen molar-refractivity contribution in [1.29, 1.82) is 0 Å². The third-order valence-electron chi connectivity index (χ3n) is 2.85. The Morgan fingerprint density at radius 2 is 1.82 bits per heavy atom. The Kier molecular flexibility index (Phi) is 7.04. The third kappa shape index (κ3) is 5.85. The van der Waals surface area contributed by atoms with Crippen LogP contribution in [-0.4, -0.2) is 36.3 Å². The highest BCUT2D eigenvalue weighted by molar-refractivity contribution is 7.12. The monoisotopic (exact) mass is 325 g/mol. The first-order valence-electron chi connectivity index (χ1n) is 7.22. The molecule has 1 rings (SSSR count). The Morgan fingerprint density at radius 1 is 1.14 bits per heavy atom. The van der Waals surface area contributed by atoms with Crippen molar-refractivity contribution in [3.63, 3.8) is 0 Å². The molecule has 0 aliphatic carbocycles. The molecule has 0 aromatic carbocycles. The van der Waals surface area contributed by atoms with E-state index in [0.717, 1.165) is 0 Å². The SMILES string of the molecule is CC(C)NC(=O)CNC(=O)C(NC(=O)c1cccs1)C(C)C. The van der Waals surface area contributed by atoms with E-state index in [0.29, 0.717) is 4.88 Å². The predicted octanol–water partition coefficient (Wildman–Crippen LogP) is 1.14. The van der Waals surface area contributed by atoms with Crippen LogP contribution in [0, 0.1) is 5.92 Å². The van der Waals surface area contributed by atoms with E-state index < -0.39 is 6.04 Å². The topological polar surface area (TPSA) is 87.3 Å². The van der Waals surface area contributed by atoms with Gasteiger partial charge in [0.25, 0.3) is 5.91 Å². The van der Waals surface area contributed by atoms with Crippen LogP contribution in [0.5, 0.6) is 0 Å². The van der Waals surface area contributed by atoms with Crippen molar-refractivity contribution in [3.05, 3.63) is 22.4 Å². The maximum atomic E-state index is 12.2. The quantitative estimate of drug-likeness (QED) is 0.702. The number of hydrogen-bond donors (Lipinski definition) is 3. The number of nitrogens with one attached hydrogen (secondary N) is 3. The smallest absolute Gasteiger partial charge is 0.262 e. The second-order valence-corrected chi connectivity index (χ2v) is 6.56. The van der Waals surface area contributed by atoms with Crippen LogP contribution in [0.15, 0.2) is 17.5 Å². The molecule has 0 spiro atoms. The molecule has 0 saturated heterocycles. The van der Waals surface area contributed by atoms with Crippen LogP contribution in [0.2, 0.25) is 0 Å². The normalized spacial score (nSPS) is 12.1. The second kappa shape index (κ2) is 8.53. The third-order valence-corrected chi connectivity index (χ3v) is 3.72. The van der Waals surface area contributed by atoms with Gasteiger partial charge in [0.05, 0.1) is 11.4 Å². The van der Waals surface area contributed by atoms with Gasteiger partial charge in [-0.3, -0.25) is 14.4 Å². The Hall–Kier alpha value is -1.89. The zero-order valence-electron chi connectivity index (χ0n) is 13.3. The lowest BCUT2D eigenvalue weighted by atomic mass is 10.0. The number of rotatable bonds is 7. The van der Waals surface area contributed by atoms with Gasteiger partial charge in [-0.05, 0) is 31.2 Å². The second-order valence-electron chi connectivity index (χ2n) is 5.61. The van der Waals surface area contributed by atoms with E-state index >= 15 is 0 Å². The van der Waals surface area contributed by atoms with Gasteiger partial charge in [0, 0.05) is 6.04 Å². The van der Waals surface area contributed by atoms with Crippen molar-refractivity contribution < 1.29 is 14.4 Å². The van der Waals surface area contributed by atoms with Crippen LogP contribution in [0.25, 0.3) is 0 Å². The first-order valence-corrected chi connectivity index (χ1v) is 8.10. The van der Waals surface area contributed by atoms with E-state index in [4.69, 9.17) is 0 Å². The molecule has 1 aromatic rings. The molecule has 0 aliphatic rings. The van der Waals surface area contributed by atoms with Crippen LogP contribution < -0.4 is 16.0 Å². The molecule has 1 heterocycles. The maximum Gasteiger partial charge on any atom is 0.262 e. The molecular weight excluding hydrogens is 302 g/mol. The van der Waals surface area contributed by atoms with Gasteiger partial charge >= 0.3 is 0 Å². The number of hydrogen-bond acceptors (Lipinski definition) is 4. The molecule has 122 valence electrons. The molecule has 1 aromatic heterocycles. The summed E-state index contributed by atoms with van der Waals surface area (Å²) in [7, 11) is 0. The molecule has 1 atom stereocenters. The van der Waals surface area contributed by atoms with E-state index in [1.54, 1.807) is 17.5 Å². The first kappa shape index (κ1) is 18.2. The van der Waals surface area contributed by atoms with Crippen molar-refractivity contribution in [2.45, 2.75) is 39.8 Å². The molecular formula is C15H23N3O3S. The summed E-state index contributed by atoms with van der Waals surface area (Å²) >= 11 is 1.31. The summed E-state index contributed by atoms with van der Waals surface area (Å²) < 4.78 is 0. The maximum absolute atomic E-state index is 12.2. The number of thiophene rings is 1. The van der Waals surface area contributed by atoms with Crippen molar-refractivity contribution in [3.8, 4) is 0 Å². The zero-order valence-corrected chi connectivity index (χ0v) is 14.1. The van der Waals surface area contributed by atoms with Crippen molar-refractivity contribution >= 4 is 29.1 Å². The van der Waals surface area contributed by atoms with Gasteiger partial charge in [0.1, 0.15) is 6.04 Å².